The lowest BCUT2D eigenvalue weighted by molar-refractivity contribution is 1.23. The Balaban J connectivity index is 1.10. The van der Waals surface area contributed by atoms with Crippen molar-refractivity contribution in [2.24, 2.45) is 0 Å². The van der Waals surface area contributed by atoms with Crippen molar-refractivity contribution in [1.82, 2.24) is 19.9 Å². The van der Waals surface area contributed by atoms with Crippen LogP contribution in [0.5, 0.6) is 0 Å². The van der Waals surface area contributed by atoms with Gasteiger partial charge in [0.1, 0.15) is 0 Å². The first-order chi connectivity index (χ1) is 23.8. The van der Waals surface area contributed by atoms with E-state index in [-0.39, 0.29) is 0 Å². The monoisotopic (exact) mass is 612 g/mol. The van der Waals surface area contributed by atoms with Gasteiger partial charge in [-0.05, 0) is 35.4 Å². The highest BCUT2D eigenvalue weighted by Gasteiger charge is 2.14. The third-order valence-corrected chi connectivity index (χ3v) is 8.87. The molecule has 3 aromatic heterocycles. The molecule has 9 aromatic rings. The summed E-state index contributed by atoms with van der Waals surface area (Å²) in [6.07, 6.45) is 0. The summed E-state index contributed by atoms with van der Waals surface area (Å²) < 4.78 is 0. The Hall–Kier alpha value is -6.52. The van der Waals surface area contributed by atoms with E-state index in [1.54, 1.807) is 0 Å². The summed E-state index contributed by atoms with van der Waals surface area (Å²) in [5.41, 5.74) is 11.9. The number of rotatable bonds is 5. The second-order valence-corrected chi connectivity index (χ2v) is 11.9. The van der Waals surface area contributed by atoms with Crippen LogP contribution in [0.4, 0.5) is 0 Å². The molecular formula is C44H28N4. The first kappa shape index (κ1) is 27.8. The fourth-order valence-electron chi connectivity index (χ4n) is 6.39. The Morgan fingerprint density at radius 2 is 0.833 bits per heavy atom. The molecule has 0 aliphatic rings. The van der Waals surface area contributed by atoms with Crippen LogP contribution in [-0.4, -0.2) is 19.9 Å². The largest absolute Gasteiger partial charge is 0.245 e. The maximum Gasteiger partial charge on any atom is 0.160 e. The van der Waals surface area contributed by atoms with E-state index in [2.05, 4.69) is 133 Å². The Bertz CT molecular complexity index is 2600. The molecule has 0 unspecified atom stereocenters. The topological polar surface area (TPSA) is 51.6 Å². The van der Waals surface area contributed by atoms with E-state index in [4.69, 9.17) is 19.9 Å². The Morgan fingerprint density at radius 3 is 1.52 bits per heavy atom. The molecule has 0 spiro atoms. The SMILES string of the molecule is c1ccc(-c2cccc(-c3nc(-c4ccc(-c5ccc6ccc7ccc(-c8ccccc8)nc7c6n5)cc4)nc4ccccc34)c2)cc1. The van der Waals surface area contributed by atoms with Crippen molar-refractivity contribution in [2.75, 3.05) is 0 Å². The first-order valence-electron chi connectivity index (χ1n) is 16.1. The summed E-state index contributed by atoms with van der Waals surface area (Å²) in [5.74, 6) is 0.690. The molecule has 4 nitrogen and oxygen atoms in total. The minimum atomic E-state index is 0.690. The van der Waals surface area contributed by atoms with Gasteiger partial charge >= 0.3 is 0 Å². The van der Waals surface area contributed by atoms with Crippen LogP contribution in [0.1, 0.15) is 0 Å². The van der Waals surface area contributed by atoms with E-state index < -0.39 is 0 Å². The van der Waals surface area contributed by atoms with Gasteiger partial charge in [0.2, 0.25) is 0 Å². The number of pyridine rings is 2. The Morgan fingerprint density at radius 1 is 0.312 bits per heavy atom. The van der Waals surface area contributed by atoms with Crippen LogP contribution in [0.25, 0.3) is 89.0 Å². The van der Waals surface area contributed by atoms with Gasteiger partial charge in [0.15, 0.2) is 5.82 Å². The molecule has 0 saturated carbocycles. The molecule has 224 valence electrons. The number of fused-ring (bicyclic) bond motifs is 4. The number of benzene rings is 6. The van der Waals surface area contributed by atoms with E-state index in [0.29, 0.717) is 5.82 Å². The minimum Gasteiger partial charge on any atom is -0.245 e. The highest BCUT2D eigenvalue weighted by Crippen LogP contribution is 2.33. The summed E-state index contributed by atoms with van der Waals surface area (Å²) >= 11 is 0. The van der Waals surface area contributed by atoms with Crippen molar-refractivity contribution in [3.8, 4) is 56.3 Å². The lowest BCUT2D eigenvalue weighted by atomic mass is 9.99. The van der Waals surface area contributed by atoms with Gasteiger partial charge < -0.3 is 0 Å². The summed E-state index contributed by atoms with van der Waals surface area (Å²) in [4.78, 5) is 20.3. The molecule has 0 fully saturated rings. The third kappa shape index (κ3) is 5.06. The number of hydrogen-bond acceptors (Lipinski definition) is 4. The Labute approximate surface area is 278 Å². The quantitative estimate of drug-likeness (QED) is 0.181. The van der Waals surface area contributed by atoms with E-state index in [0.717, 1.165) is 77.6 Å². The van der Waals surface area contributed by atoms with Gasteiger partial charge in [-0.2, -0.15) is 0 Å². The first-order valence-corrected chi connectivity index (χ1v) is 16.1. The second-order valence-electron chi connectivity index (χ2n) is 11.9. The number of para-hydroxylation sites is 1. The smallest absolute Gasteiger partial charge is 0.160 e. The van der Waals surface area contributed by atoms with Crippen LogP contribution in [0.15, 0.2) is 170 Å². The van der Waals surface area contributed by atoms with Crippen LogP contribution in [0, 0.1) is 0 Å². The summed E-state index contributed by atoms with van der Waals surface area (Å²) in [7, 11) is 0. The standard InChI is InChI=1S/C44H28N4/c1-3-10-29(11-4-1)35-14-9-15-36(28-35)41-37-16-7-8-17-40(37)47-44(48-41)34-22-18-31(19-23-34)39-27-25-33-21-20-32-24-26-38(30-12-5-2-6-13-30)45-42(32)43(33)46-39/h1-28H. The molecule has 48 heavy (non-hydrogen) atoms. The van der Waals surface area contributed by atoms with Crippen molar-refractivity contribution in [2.45, 2.75) is 0 Å². The van der Waals surface area contributed by atoms with E-state index >= 15 is 0 Å². The van der Waals surface area contributed by atoms with Gasteiger partial charge in [0.25, 0.3) is 0 Å². The molecule has 0 saturated heterocycles. The molecule has 0 atom stereocenters. The van der Waals surface area contributed by atoms with Gasteiger partial charge in [-0.15, -0.1) is 0 Å². The van der Waals surface area contributed by atoms with E-state index in [1.165, 1.54) is 5.56 Å². The zero-order valence-electron chi connectivity index (χ0n) is 26.0. The van der Waals surface area contributed by atoms with Crippen LogP contribution in [0.3, 0.4) is 0 Å². The molecular weight excluding hydrogens is 585 g/mol. The zero-order chi connectivity index (χ0) is 31.9. The number of aromatic nitrogens is 4. The van der Waals surface area contributed by atoms with Gasteiger partial charge in [0.05, 0.1) is 33.6 Å². The molecule has 0 aliphatic heterocycles. The van der Waals surface area contributed by atoms with Crippen LogP contribution >= 0.6 is 0 Å². The van der Waals surface area contributed by atoms with Crippen molar-refractivity contribution in [3.63, 3.8) is 0 Å². The highest BCUT2D eigenvalue weighted by atomic mass is 14.9. The van der Waals surface area contributed by atoms with Gasteiger partial charge in [0, 0.05) is 38.4 Å². The van der Waals surface area contributed by atoms with Gasteiger partial charge in [-0.1, -0.05) is 146 Å². The maximum atomic E-state index is 5.15. The second kappa shape index (κ2) is 11.7. The highest BCUT2D eigenvalue weighted by molar-refractivity contribution is 6.04. The molecule has 0 amide bonds. The summed E-state index contributed by atoms with van der Waals surface area (Å²) in [6, 6.07) is 58.5. The molecule has 9 rings (SSSR count). The normalized spacial score (nSPS) is 11.3. The van der Waals surface area contributed by atoms with Gasteiger partial charge in [-0.25, -0.2) is 19.9 Å². The van der Waals surface area contributed by atoms with Crippen LogP contribution < -0.4 is 0 Å². The Kier molecular flexibility index (Phi) is 6.76. The molecule has 0 radical (unpaired) electrons. The molecule has 3 heterocycles. The minimum absolute atomic E-state index is 0.690. The van der Waals surface area contributed by atoms with E-state index in [1.807, 2.05) is 36.4 Å². The van der Waals surface area contributed by atoms with E-state index in [9.17, 15) is 0 Å². The zero-order valence-corrected chi connectivity index (χ0v) is 26.0. The lowest BCUT2D eigenvalue weighted by Crippen LogP contribution is -1.95. The molecule has 0 bridgehead atoms. The van der Waals surface area contributed by atoms with Crippen molar-refractivity contribution in [3.05, 3.63) is 170 Å². The third-order valence-electron chi connectivity index (χ3n) is 8.87. The summed E-state index contributed by atoms with van der Waals surface area (Å²) in [6.45, 7) is 0. The van der Waals surface area contributed by atoms with Crippen LogP contribution in [0.2, 0.25) is 0 Å². The molecule has 0 aliphatic carbocycles. The van der Waals surface area contributed by atoms with Crippen molar-refractivity contribution >= 4 is 32.7 Å². The molecule has 0 N–H and O–H groups in total. The molecule has 4 heteroatoms. The average Bonchev–Trinajstić information content (AvgIpc) is 3.18. The number of nitrogens with zero attached hydrogens (tertiary/aromatic N) is 4. The molecule has 6 aromatic carbocycles. The van der Waals surface area contributed by atoms with Crippen LogP contribution in [-0.2, 0) is 0 Å². The predicted molar refractivity (Wildman–Crippen MR) is 197 cm³/mol. The number of hydrogen-bond donors (Lipinski definition) is 0. The fraction of sp³-hybridized carbons (Fsp3) is 0. The van der Waals surface area contributed by atoms with Crippen molar-refractivity contribution < 1.29 is 0 Å². The van der Waals surface area contributed by atoms with Crippen molar-refractivity contribution in [1.29, 1.82) is 0 Å². The maximum absolute atomic E-state index is 5.15. The fourth-order valence-corrected chi connectivity index (χ4v) is 6.39. The predicted octanol–water partition coefficient (Wildman–Crippen LogP) is 11.1. The van der Waals surface area contributed by atoms with Gasteiger partial charge in [-0.3, -0.25) is 0 Å². The lowest BCUT2D eigenvalue weighted by Gasteiger charge is -2.11. The summed E-state index contributed by atoms with van der Waals surface area (Å²) in [5, 5.41) is 3.16. The average molecular weight is 613 g/mol.